The molecule has 176 valence electrons. The highest BCUT2D eigenvalue weighted by molar-refractivity contribution is 6.03. The fraction of sp³-hybridized carbons (Fsp3) is 0.704. The maximum absolute atomic E-state index is 12.6. The highest BCUT2D eigenvalue weighted by atomic mass is 16.5. The minimum Gasteiger partial charge on any atom is -0.462 e. The molecule has 0 aliphatic heterocycles. The number of hydrogen-bond donors (Lipinski definition) is 0. The summed E-state index contributed by atoms with van der Waals surface area (Å²) in [4.78, 5) is 25.1. The molecular formula is C27H44O4. The topological polar surface area (TPSA) is 52.6 Å². The van der Waals surface area contributed by atoms with Crippen LogP contribution >= 0.6 is 0 Å². The molecule has 0 aliphatic carbocycles. The normalized spacial score (nSPS) is 12.0. The Morgan fingerprint density at radius 3 is 1.94 bits per heavy atom. The highest BCUT2D eigenvalue weighted by Crippen LogP contribution is 2.17. The van der Waals surface area contributed by atoms with Crippen LogP contribution in [0.5, 0.6) is 0 Å². The average molecular weight is 433 g/mol. The second-order valence-electron chi connectivity index (χ2n) is 9.00. The fourth-order valence-corrected chi connectivity index (χ4v) is 3.61. The molecule has 0 spiro atoms. The molecule has 4 nitrogen and oxygen atoms in total. The van der Waals surface area contributed by atoms with Gasteiger partial charge in [-0.1, -0.05) is 97.6 Å². The Labute approximate surface area is 190 Å². The summed E-state index contributed by atoms with van der Waals surface area (Å²) in [5, 5.41) is 0. The predicted molar refractivity (Wildman–Crippen MR) is 127 cm³/mol. The van der Waals surface area contributed by atoms with Crippen molar-refractivity contribution in [2.45, 2.75) is 98.3 Å². The molecule has 0 aromatic heterocycles. The molecule has 0 amide bonds. The van der Waals surface area contributed by atoms with Crippen molar-refractivity contribution in [2.75, 3.05) is 13.2 Å². The first-order valence-corrected chi connectivity index (χ1v) is 12.4. The van der Waals surface area contributed by atoms with Crippen LogP contribution in [0.25, 0.3) is 0 Å². The first-order valence-electron chi connectivity index (χ1n) is 12.4. The van der Waals surface area contributed by atoms with Gasteiger partial charge >= 0.3 is 11.9 Å². The van der Waals surface area contributed by atoms with Crippen molar-refractivity contribution in [3.63, 3.8) is 0 Å². The molecule has 31 heavy (non-hydrogen) atoms. The van der Waals surface area contributed by atoms with Gasteiger partial charge in [0, 0.05) is 0 Å². The summed E-state index contributed by atoms with van der Waals surface area (Å²) in [6.45, 7) is 9.60. The second-order valence-corrected chi connectivity index (χ2v) is 9.00. The van der Waals surface area contributed by atoms with Gasteiger partial charge in [0.1, 0.15) is 0 Å². The molecule has 0 saturated heterocycles. The third kappa shape index (κ3) is 11.9. The summed E-state index contributed by atoms with van der Waals surface area (Å²) >= 11 is 0. The van der Waals surface area contributed by atoms with Crippen LogP contribution in [0.4, 0.5) is 0 Å². The molecule has 1 atom stereocenters. The molecule has 0 heterocycles. The van der Waals surface area contributed by atoms with Crippen LogP contribution < -0.4 is 0 Å². The number of esters is 2. The monoisotopic (exact) mass is 432 g/mol. The molecule has 0 aliphatic rings. The largest absolute Gasteiger partial charge is 0.462 e. The first kappa shape index (κ1) is 27.2. The number of carbonyl (C=O) groups is 2. The molecule has 0 radical (unpaired) electrons. The van der Waals surface area contributed by atoms with Gasteiger partial charge < -0.3 is 9.47 Å². The standard InChI is InChI=1S/C27H44O4/c1-5-7-17-23(6-2)21-31-27(29)25-19-14-13-18-24(25)26(28)30-20-15-11-9-8-10-12-16-22(3)4/h13-14,18-19,22-23H,5-12,15-17,20-21H2,1-4H3. The van der Waals surface area contributed by atoms with Gasteiger partial charge in [-0.25, -0.2) is 9.59 Å². The van der Waals surface area contributed by atoms with E-state index in [1.165, 1.54) is 32.1 Å². The van der Waals surface area contributed by atoms with E-state index in [1.807, 2.05) is 0 Å². The summed E-state index contributed by atoms with van der Waals surface area (Å²) < 4.78 is 11.0. The number of rotatable bonds is 17. The number of carbonyl (C=O) groups excluding carboxylic acids is 2. The number of ether oxygens (including phenoxy) is 2. The van der Waals surface area contributed by atoms with Crippen LogP contribution in [0.15, 0.2) is 24.3 Å². The average Bonchev–Trinajstić information content (AvgIpc) is 2.77. The number of benzene rings is 1. The van der Waals surface area contributed by atoms with Crippen LogP contribution in [-0.2, 0) is 9.47 Å². The summed E-state index contributed by atoms with van der Waals surface area (Å²) in [5.74, 6) is 0.272. The van der Waals surface area contributed by atoms with Gasteiger partial charge in [0.2, 0.25) is 0 Å². The van der Waals surface area contributed by atoms with E-state index in [4.69, 9.17) is 9.47 Å². The van der Waals surface area contributed by atoms with Crippen molar-refractivity contribution in [2.24, 2.45) is 11.8 Å². The molecule has 1 aromatic carbocycles. The molecule has 0 saturated carbocycles. The van der Waals surface area contributed by atoms with Gasteiger partial charge in [-0.15, -0.1) is 0 Å². The molecule has 0 N–H and O–H groups in total. The number of unbranched alkanes of at least 4 members (excludes halogenated alkanes) is 6. The molecule has 0 bridgehead atoms. The van der Waals surface area contributed by atoms with E-state index in [0.29, 0.717) is 30.3 Å². The highest BCUT2D eigenvalue weighted by Gasteiger charge is 2.20. The van der Waals surface area contributed by atoms with Gasteiger partial charge in [-0.3, -0.25) is 0 Å². The molecule has 1 unspecified atom stereocenters. The summed E-state index contributed by atoms with van der Waals surface area (Å²) in [7, 11) is 0. The fourth-order valence-electron chi connectivity index (χ4n) is 3.61. The number of hydrogen-bond acceptors (Lipinski definition) is 4. The Hall–Kier alpha value is -1.84. The minimum absolute atomic E-state index is 0.294. The van der Waals surface area contributed by atoms with Crippen molar-refractivity contribution in [1.29, 1.82) is 0 Å². The summed E-state index contributed by atoms with van der Waals surface area (Å²) in [6, 6.07) is 6.78. The lowest BCUT2D eigenvalue weighted by atomic mass is 10.0. The first-order chi connectivity index (χ1) is 15.0. The van der Waals surface area contributed by atoms with E-state index >= 15 is 0 Å². The zero-order chi connectivity index (χ0) is 22.9. The molecular weight excluding hydrogens is 388 g/mol. The van der Waals surface area contributed by atoms with Crippen LogP contribution in [0.2, 0.25) is 0 Å². The minimum atomic E-state index is -0.442. The molecule has 1 aromatic rings. The van der Waals surface area contributed by atoms with Crippen LogP contribution in [0.1, 0.15) is 119 Å². The lowest BCUT2D eigenvalue weighted by Gasteiger charge is -2.15. The van der Waals surface area contributed by atoms with Gasteiger partial charge in [0.05, 0.1) is 24.3 Å². The lowest BCUT2D eigenvalue weighted by molar-refractivity contribution is 0.0404. The molecule has 4 heteroatoms. The predicted octanol–water partition coefficient (Wildman–Crippen LogP) is 7.60. The Morgan fingerprint density at radius 1 is 0.774 bits per heavy atom. The van der Waals surface area contributed by atoms with Crippen LogP contribution in [-0.4, -0.2) is 25.2 Å². The van der Waals surface area contributed by atoms with E-state index in [9.17, 15) is 9.59 Å². The van der Waals surface area contributed by atoms with E-state index in [-0.39, 0.29) is 0 Å². The van der Waals surface area contributed by atoms with Gasteiger partial charge in [0.25, 0.3) is 0 Å². The Balaban J connectivity index is 2.39. The molecule has 0 fully saturated rings. The van der Waals surface area contributed by atoms with Crippen LogP contribution in [0.3, 0.4) is 0 Å². The van der Waals surface area contributed by atoms with E-state index < -0.39 is 11.9 Å². The third-order valence-electron chi connectivity index (χ3n) is 5.77. The van der Waals surface area contributed by atoms with Crippen molar-refractivity contribution < 1.29 is 19.1 Å². The SMILES string of the molecule is CCCCC(CC)COC(=O)c1ccccc1C(=O)OCCCCCCCCC(C)C. The zero-order valence-corrected chi connectivity index (χ0v) is 20.3. The quantitative estimate of drug-likeness (QED) is 0.188. The third-order valence-corrected chi connectivity index (χ3v) is 5.77. The van der Waals surface area contributed by atoms with Crippen molar-refractivity contribution in [1.82, 2.24) is 0 Å². The maximum Gasteiger partial charge on any atom is 0.339 e. The van der Waals surface area contributed by atoms with Crippen molar-refractivity contribution in [3.8, 4) is 0 Å². The van der Waals surface area contributed by atoms with E-state index in [2.05, 4.69) is 27.7 Å². The lowest BCUT2D eigenvalue weighted by Crippen LogP contribution is -2.17. The smallest absolute Gasteiger partial charge is 0.339 e. The van der Waals surface area contributed by atoms with Crippen molar-refractivity contribution >= 4 is 11.9 Å². The van der Waals surface area contributed by atoms with Gasteiger partial charge in [-0.05, 0) is 36.8 Å². The summed E-state index contributed by atoms with van der Waals surface area (Å²) in [6.07, 6.45) is 12.5. The Kier molecular flexibility index (Phi) is 14.7. The second kappa shape index (κ2) is 16.8. The molecule has 1 rings (SSSR count). The van der Waals surface area contributed by atoms with Crippen molar-refractivity contribution in [3.05, 3.63) is 35.4 Å². The van der Waals surface area contributed by atoms with Crippen LogP contribution in [0, 0.1) is 11.8 Å². The Morgan fingerprint density at radius 2 is 1.35 bits per heavy atom. The maximum atomic E-state index is 12.6. The van der Waals surface area contributed by atoms with Gasteiger partial charge in [-0.2, -0.15) is 0 Å². The van der Waals surface area contributed by atoms with E-state index in [1.54, 1.807) is 24.3 Å². The summed E-state index contributed by atoms with van der Waals surface area (Å²) in [5.41, 5.74) is 0.589. The van der Waals surface area contributed by atoms with E-state index in [0.717, 1.165) is 44.4 Å². The van der Waals surface area contributed by atoms with Gasteiger partial charge in [0.15, 0.2) is 0 Å². The Bertz CT molecular complexity index is 623. The zero-order valence-electron chi connectivity index (χ0n) is 20.3.